The summed E-state index contributed by atoms with van der Waals surface area (Å²) >= 11 is 0. The SMILES string of the molecule is CCNc1ccccc1S(=O)(=O)NC1CC1C. The summed E-state index contributed by atoms with van der Waals surface area (Å²) < 4.78 is 27.1. The third-order valence-corrected chi connectivity index (χ3v) is 4.51. The zero-order valence-electron chi connectivity index (χ0n) is 10.1. The monoisotopic (exact) mass is 254 g/mol. The average molecular weight is 254 g/mol. The van der Waals surface area contributed by atoms with Crippen molar-refractivity contribution in [3.05, 3.63) is 24.3 Å². The molecule has 0 spiro atoms. The van der Waals surface area contributed by atoms with E-state index in [1.54, 1.807) is 18.2 Å². The molecular weight excluding hydrogens is 236 g/mol. The van der Waals surface area contributed by atoms with Gasteiger partial charge in [-0.2, -0.15) is 0 Å². The van der Waals surface area contributed by atoms with Crippen molar-refractivity contribution in [3.8, 4) is 0 Å². The Morgan fingerprint density at radius 2 is 2.00 bits per heavy atom. The Morgan fingerprint density at radius 3 is 2.59 bits per heavy atom. The summed E-state index contributed by atoms with van der Waals surface area (Å²) in [5, 5.41) is 3.07. The molecule has 5 heteroatoms. The van der Waals surface area contributed by atoms with Crippen LogP contribution in [0, 0.1) is 5.92 Å². The summed E-state index contributed by atoms with van der Waals surface area (Å²) in [7, 11) is -3.40. The van der Waals surface area contributed by atoms with Crippen molar-refractivity contribution >= 4 is 15.7 Å². The van der Waals surface area contributed by atoms with Crippen LogP contribution in [0.25, 0.3) is 0 Å². The van der Waals surface area contributed by atoms with Crippen molar-refractivity contribution in [2.45, 2.75) is 31.2 Å². The summed E-state index contributed by atoms with van der Waals surface area (Å²) in [6, 6.07) is 7.10. The Labute approximate surface area is 102 Å². The third kappa shape index (κ3) is 2.79. The molecule has 0 bridgehead atoms. The molecule has 0 radical (unpaired) electrons. The molecule has 2 N–H and O–H groups in total. The molecule has 1 fully saturated rings. The van der Waals surface area contributed by atoms with Gasteiger partial charge in [0.05, 0.1) is 5.69 Å². The van der Waals surface area contributed by atoms with Gasteiger partial charge in [-0.3, -0.25) is 0 Å². The number of sulfonamides is 1. The van der Waals surface area contributed by atoms with Crippen LogP contribution in [0.4, 0.5) is 5.69 Å². The van der Waals surface area contributed by atoms with Crippen molar-refractivity contribution in [2.24, 2.45) is 5.92 Å². The van der Waals surface area contributed by atoms with Crippen molar-refractivity contribution in [1.82, 2.24) is 4.72 Å². The highest BCUT2D eigenvalue weighted by Crippen LogP contribution is 2.31. The van der Waals surface area contributed by atoms with Crippen LogP contribution in [0.3, 0.4) is 0 Å². The van der Waals surface area contributed by atoms with Gasteiger partial charge in [-0.05, 0) is 31.4 Å². The van der Waals surface area contributed by atoms with Gasteiger partial charge in [-0.25, -0.2) is 13.1 Å². The van der Waals surface area contributed by atoms with Gasteiger partial charge < -0.3 is 5.32 Å². The van der Waals surface area contributed by atoms with Crippen LogP contribution in [-0.2, 0) is 10.0 Å². The number of rotatable bonds is 5. The topological polar surface area (TPSA) is 58.2 Å². The van der Waals surface area contributed by atoms with E-state index < -0.39 is 10.0 Å². The largest absolute Gasteiger partial charge is 0.384 e. The minimum Gasteiger partial charge on any atom is -0.384 e. The van der Waals surface area contributed by atoms with Crippen molar-refractivity contribution in [1.29, 1.82) is 0 Å². The molecule has 0 saturated heterocycles. The van der Waals surface area contributed by atoms with E-state index in [1.807, 2.05) is 19.9 Å². The highest BCUT2D eigenvalue weighted by Gasteiger charge is 2.36. The highest BCUT2D eigenvalue weighted by molar-refractivity contribution is 7.89. The molecule has 1 aliphatic carbocycles. The second kappa shape index (κ2) is 4.66. The first kappa shape index (κ1) is 12.4. The van der Waals surface area contributed by atoms with E-state index in [4.69, 9.17) is 0 Å². The fourth-order valence-electron chi connectivity index (χ4n) is 1.79. The Kier molecular flexibility index (Phi) is 3.40. The van der Waals surface area contributed by atoms with Crippen molar-refractivity contribution in [3.63, 3.8) is 0 Å². The Hall–Kier alpha value is -1.07. The van der Waals surface area contributed by atoms with E-state index in [1.165, 1.54) is 0 Å². The summed E-state index contributed by atoms with van der Waals surface area (Å²) in [6.45, 7) is 4.69. The smallest absolute Gasteiger partial charge is 0.242 e. The van der Waals surface area contributed by atoms with Gasteiger partial charge >= 0.3 is 0 Å². The van der Waals surface area contributed by atoms with Crippen LogP contribution in [0.5, 0.6) is 0 Å². The van der Waals surface area contributed by atoms with Crippen LogP contribution in [0.1, 0.15) is 20.3 Å². The first-order valence-corrected chi connectivity index (χ1v) is 7.38. The van der Waals surface area contributed by atoms with Crippen LogP contribution >= 0.6 is 0 Å². The molecule has 2 rings (SSSR count). The molecule has 0 heterocycles. The second-order valence-corrected chi connectivity index (χ2v) is 6.15. The van der Waals surface area contributed by atoms with Gasteiger partial charge in [0, 0.05) is 12.6 Å². The van der Waals surface area contributed by atoms with Crippen LogP contribution in [-0.4, -0.2) is 21.0 Å². The first-order valence-electron chi connectivity index (χ1n) is 5.90. The van der Waals surface area contributed by atoms with Crippen molar-refractivity contribution < 1.29 is 8.42 Å². The maximum absolute atomic E-state index is 12.2. The van der Waals surface area contributed by atoms with E-state index in [9.17, 15) is 8.42 Å². The van der Waals surface area contributed by atoms with Gasteiger partial charge in [0.1, 0.15) is 4.90 Å². The molecule has 94 valence electrons. The maximum Gasteiger partial charge on any atom is 0.242 e. The predicted octanol–water partition coefficient (Wildman–Crippen LogP) is 1.81. The molecule has 4 nitrogen and oxygen atoms in total. The summed E-state index contributed by atoms with van der Waals surface area (Å²) in [5.41, 5.74) is 0.663. The minimum absolute atomic E-state index is 0.106. The van der Waals surface area contributed by atoms with Gasteiger partial charge in [0.25, 0.3) is 0 Å². The number of anilines is 1. The molecule has 1 aliphatic rings. The third-order valence-electron chi connectivity index (χ3n) is 2.96. The molecule has 17 heavy (non-hydrogen) atoms. The molecule has 1 aromatic carbocycles. The highest BCUT2D eigenvalue weighted by atomic mass is 32.2. The lowest BCUT2D eigenvalue weighted by molar-refractivity contribution is 0.578. The van der Waals surface area contributed by atoms with Gasteiger partial charge in [0.15, 0.2) is 0 Å². The van der Waals surface area contributed by atoms with Gasteiger partial charge in [0.2, 0.25) is 10.0 Å². The number of para-hydroxylation sites is 1. The van der Waals surface area contributed by atoms with Gasteiger partial charge in [-0.15, -0.1) is 0 Å². The predicted molar refractivity (Wildman–Crippen MR) is 68.5 cm³/mol. The molecule has 1 aromatic rings. The number of nitrogens with one attached hydrogen (secondary N) is 2. The zero-order valence-corrected chi connectivity index (χ0v) is 10.9. The fourth-order valence-corrected chi connectivity index (χ4v) is 3.33. The summed E-state index contributed by atoms with van der Waals surface area (Å²) in [5.74, 6) is 0.455. The molecule has 0 aromatic heterocycles. The quantitative estimate of drug-likeness (QED) is 0.842. The van der Waals surface area contributed by atoms with Crippen LogP contribution in [0.2, 0.25) is 0 Å². The number of benzene rings is 1. The van der Waals surface area contributed by atoms with E-state index in [2.05, 4.69) is 10.0 Å². The van der Waals surface area contributed by atoms with Crippen molar-refractivity contribution in [2.75, 3.05) is 11.9 Å². The minimum atomic E-state index is -3.40. The van der Waals surface area contributed by atoms with E-state index in [-0.39, 0.29) is 6.04 Å². The second-order valence-electron chi connectivity index (χ2n) is 4.47. The standard InChI is InChI=1S/C12H18N2O2S/c1-3-13-10-6-4-5-7-12(10)17(15,16)14-11-8-9(11)2/h4-7,9,11,13-14H,3,8H2,1-2H3. The average Bonchev–Trinajstić information content (AvgIpc) is 2.94. The Bertz CT molecular complexity index is 499. The molecule has 1 saturated carbocycles. The lowest BCUT2D eigenvalue weighted by atomic mass is 10.3. The van der Waals surface area contributed by atoms with E-state index in [0.29, 0.717) is 23.0 Å². The van der Waals surface area contributed by atoms with Gasteiger partial charge in [-0.1, -0.05) is 19.1 Å². The summed E-state index contributed by atoms with van der Waals surface area (Å²) in [6.07, 6.45) is 0.933. The number of hydrogen-bond donors (Lipinski definition) is 2. The molecular formula is C12H18N2O2S. The fraction of sp³-hybridized carbons (Fsp3) is 0.500. The molecule has 0 aliphatic heterocycles. The molecule has 2 atom stereocenters. The zero-order chi connectivity index (χ0) is 12.5. The van der Waals surface area contributed by atoms with Crippen LogP contribution in [0.15, 0.2) is 29.2 Å². The summed E-state index contributed by atoms with van der Waals surface area (Å²) in [4.78, 5) is 0.334. The molecule has 2 unspecified atom stereocenters. The van der Waals surface area contributed by atoms with E-state index in [0.717, 1.165) is 6.42 Å². The Balaban J connectivity index is 2.25. The Morgan fingerprint density at radius 1 is 1.35 bits per heavy atom. The normalized spacial score (nSPS) is 23.4. The lowest BCUT2D eigenvalue weighted by Crippen LogP contribution is -2.27. The maximum atomic E-state index is 12.2. The lowest BCUT2D eigenvalue weighted by Gasteiger charge is -2.11. The first-order chi connectivity index (χ1) is 8.04. The van der Waals surface area contributed by atoms with Crippen LogP contribution < -0.4 is 10.0 Å². The number of hydrogen-bond acceptors (Lipinski definition) is 3. The van der Waals surface area contributed by atoms with E-state index >= 15 is 0 Å². The molecule has 0 amide bonds.